The number of hydrogen-bond acceptors (Lipinski definition) is 3. The Morgan fingerprint density at radius 3 is 2.50 bits per heavy atom. The highest BCUT2D eigenvalue weighted by molar-refractivity contribution is 6.44. The molecule has 0 aliphatic carbocycles. The Morgan fingerprint density at radius 2 is 2.06 bits per heavy atom. The van der Waals surface area contributed by atoms with Crippen molar-refractivity contribution in [3.63, 3.8) is 0 Å². The second-order valence-corrected chi connectivity index (χ2v) is 5.42. The lowest BCUT2D eigenvalue weighted by molar-refractivity contribution is -0.158. The maximum absolute atomic E-state index is 11.7. The molecule has 3 nitrogen and oxygen atoms in total. The zero-order chi connectivity index (χ0) is 12.3. The molecular formula is C9H12Cl4O3. The van der Waals surface area contributed by atoms with Gasteiger partial charge in [-0.3, -0.25) is 0 Å². The van der Waals surface area contributed by atoms with E-state index in [1.54, 1.807) is 0 Å². The molecule has 94 valence electrons. The van der Waals surface area contributed by atoms with Gasteiger partial charge in [0.25, 0.3) is 5.06 Å². The van der Waals surface area contributed by atoms with E-state index in [2.05, 4.69) is 0 Å². The van der Waals surface area contributed by atoms with Gasteiger partial charge in [0.1, 0.15) is 5.38 Å². The smallest absolute Gasteiger partial charge is 0.356 e. The molecule has 4 atom stereocenters. The Balaban J connectivity index is 2.60. The fourth-order valence-corrected chi connectivity index (χ4v) is 2.46. The summed E-state index contributed by atoms with van der Waals surface area (Å²) < 4.78 is 10.00. The summed E-state index contributed by atoms with van der Waals surface area (Å²) in [6.45, 7) is 2.25. The second-order valence-electron chi connectivity index (χ2n) is 3.45. The van der Waals surface area contributed by atoms with Crippen molar-refractivity contribution in [2.24, 2.45) is 0 Å². The van der Waals surface area contributed by atoms with Crippen molar-refractivity contribution in [1.29, 1.82) is 0 Å². The van der Waals surface area contributed by atoms with Gasteiger partial charge >= 0.3 is 5.97 Å². The largest absolute Gasteiger partial charge is 0.463 e. The van der Waals surface area contributed by atoms with Gasteiger partial charge in [-0.15, -0.1) is 23.2 Å². The first-order valence-electron chi connectivity index (χ1n) is 4.89. The predicted molar refractivity (Wildman–Crippen MR) is 64.5 cm³/mol. The van der Waals surface area contributed by atoms with Crippen LogP contribution in [0.15, 0.2) is 0 Å². The average Bonchev–Trinajstić information content (AvgIpc) is 2.44. The topological polar surface area (TPSA) is 35.5 Å². The van der Waals surface area contributed by atoms with E-state index < -0.39 is 27.3 Å². The van der Waals surface area contributed by atoms with Gasteiger partial charge < -0.3 is 9.47 Å². The van der Waals surface area contributed by atoms with E-state index in [1.807, 2.05) is 6.92 Å². The van der Waals surface area contributed by atoms with Gasteiger partial charge in [0, 0.05) is 0 Å². The summed E-state index contributed by atoms with van der Waals surface area (Å²) in [5, 5.41) is -3.44. The first-order valence-corrected chi connectivity index (χ1v) is 6.58. The van der Waals surface area contributed by atoms with E-state index in [4.69, 9.17) is 55.9 Å². The molecule has 7 heteroatoms. The SMILES string of the molecule is CCCCOC(=O)C1(Cl)OC(Cl)C(Cl)C1Cl. The van der Waals surface area contributed by atoms with Crippen molar-refractivity contribution < 1.29 is 14.3 Å². The minimum atomic E-state index is -1.78. The van der Waals surface area contributed by atoms with Gasteiger partial charge in [-0.25, -0.2) is 4.79 Å². The van der Waals surface area contributed by atoms with Crippen molar-refractivity contribution in [1.82, 2.24) is 0 Å². The van der Waals surface area contributed by atoms with Crippen LogP contribution in [0.1, 0.15) is 19.8 Å². The molecule has 0 aromatic heterocycles. The molecule has 16 heavy (non-hydrogen) atoms. The number of rotatable bonds is 4. The van der Waals surface area contributed by atoms with Crippen LogP contribution in [0.5, 0.6) is 0 Å². The molecule has 0 saturated carbocycles. The Morgan fingerprint density at radius 1 is 1.44 bits per heavy atom. The molecule has 1 fully saturated rings. The van der Waals surface area contributed by atoms with Crippen molar-refractivity contribution in [3.05, 3.63) is 0 Å². The summed E-state index contributed by atoms with van der Waals surface area (Å²) in [5.41, 5.74) is -0.902. The molecule has 1 aliphatic heterocycles. The third-order valence-corrected chi connectivity index (χ3v) is 4.45. The molecule has 1 rings (SSSR count). The van der Waals surface area contributed by atoms with Gasteiger partial charge in [-0.2, -0.15) is 0 Å². The van der Waals surface area contributed by atoms with Gasteiger partial charge in [0.05, 0.1) is 12.0 Å². The minimum Gasteiger partial charge on any atom is -0.463 e. The fraction of sp³-hybridized carbons (Fsp3) is 0.889. The molecular weight excluding hydrogens is 298 g/mol. The zero-order valence-corrected chi connectivity index (χ0v) is 11.6. The van der Waals surface area contributed by atoms with Crippen LogP contribution < -0.4 is 0 Å². The van der Waals surface area contributed by atoms with E-state index in [9.17, 15) is 4.79 Å². The van der Waals surface area contributed by atoms with Crippen LogP contribution in [0.2, 0.25) is 0 Å². The molecule has 0 spiro atoms. The number of unbranched alkanes of at least 4 members (excludes halogenated alkanes) is 1. The highest BCUT2D eigenvalue weighted by atomic mass is 35.5. The van der Waals surface area contributed by atoms with E-state index >= 15 is 0 Å². The Kier molecular flexibility index (Phi) is 5.46. The molecule has 1 heterocycles. The third-order valence-electron chi connectivity index (χ3n) is 2.18. The zero-order valence-electron chi connectivity index (χ0n) is 8.59. The molecule has 0 aromatic carbocycles. The van der Waals surface area contributed by atoms with Crippen molar-refractivity contribution in [2.45, 2.75) is 41.1 Å². The lowest BCUT2D eigenvalue weighted by Crippen LogP contribution is -2.42. The molecule has 0 bridgehead atoms. The number of ether oxygens (including phenoxy) is 2. The monoisotopic (exact) mass is 308 g/mol. The first-order chi connectivity index (χ1) is 7.43. The number of carbonyl (C=O) groups is 1. The van der Waals surface area contributed by atoms with E-state index in [0.717, 1.165) is 12.8 Å². The van der Waals surface area contributed by atoms with Crippen LogP contribution in [0, 0.1) is 0 Å². The van der Waals surface area contributed by atoms with Gasteiger partial charge in [-0.05, 0) is 6.42 Å². The Labute approximate surface area is 114 Å². The number of esters is 1. The normalized spacial score (nSPS) is 38.7. The molecule has 1 saturated heterocycles. The number of hydrogen-bond donors (Lipinski definition) is 0. The van der Waals surface area contributed by atoms with Gasteiger partial charge in [0.2, 0.25) is 0 Å². The molecule has 0 radical (unpaired) electrons. The van der Waals surface area contributed by atoms with Crippen molar-refractivity contribution in [3.8, 4) is 0 Å². The van der Waals surface area contributed by atoms with Gasteiger partial charge in [0.15, 0.2) is 5.56 Å². The lowest BCUT2D eigenvalue weighted by Gasteiger charge is -2.21. The predicted octanol–water partition coefficient (Wildman–Crippen LogP) is 3.07. The quantitative estimate of drug-likeness (QED) is 0.455. The summed E-state index contributed by atoms with van der Waals surface area (Å²) in [5.74, 6) is -0.739. The lowest BCUT2D eigenvalue weighted by atomic mass is 10.2. The Bertz CT molecular complexity index is 263. The molecule has 4 unspecified atom stereocenters. The maximum atomic E-state index is 11.7. The van der Waals surface area contributed by atoms with Crippen molar-refractivity contribution in [2.75, 3.05) is 6.61 Å². The molecule has 0 N–H and O–H groups in total. The van der Waals surface area contributed by atoms with Crippen LogP contribution in [-0.2, 0) is 14.3 Å². The summed E-state index contributed by atoms with van der Waals surface area (Å²) in [4.78, 5) is 11.7. The number of carbonyl (C=O) groups excluding carboxylic acids is 1. The fourth-order valence-electron chi connectivity index (χ4n) is 1.20. The highest BCUT2D eigenvalue weighted by Crippen LogP contribution is 2.43. The van der Waals surface area contributed by atoms with Crippen LogP contribution in [0.4, 0.5) is 0 Å². The average molecular weight is 310 g/mol. The third kappa shape index (κ3) is 2.88. The first kappa shape index (κ1) is 14.7. The van der Waals surface area contributed by atoms with Crippen LogP contribution in [-0.4, -0.2) is 34.0 Å². The number of alkyl halides is 4. The Hall–Kier alpha value is 0.590. The van der Waals surface area contributed by atoms with Crippen LogP contribution in [0.25, 0.3) is 0 Å². The van der Waals surface area contributed by atoms with Crippen LogP contribution in [0.3, 0.4) is 0 Å². The maximum Gasteiger partial charge on any atom is 0.356 e. The van der Waals surface area contributed by atoms with E-state index in [-0.39, 0.29) is 6.61 Å². The van der Waals surface area contributed by atoms with Gasteiger partial charge in [-0.1, -0.05) is 36.5 Å². The van der Waals surface area contributed by atoms with Crippen LogP contribution >= 0.6 is 46.4 Å². The van der Waals surface area contributed by atoms with Crippen molar-refractivity contribution >= 4 is 52.4 Å². The minimum absolute atomic E-state index is 0.274. The van der Waals surface area contributed by atoms with E-state index in [0.29, 0.717) is 0 Å². The molecule has 1 aliphatic rings. The second kappa shape index (κ2) is 5.96. The summed E-state index contributed by atoms with van der Waals surface area (Å²) in [6, 6.07) is 0. The number of halogens is 4. The summed E-state index contributed by atoms with van der Waals surface area (Å²) >= 11 is 23.4. The highest BCUT2D eigenvalue weighted by Gasteiger charge is 2.58. The van der Waals surface area contributed by atoms with E-state index in [1.165, 1.54) is 0 Å². The standard InChI is InChI=1S/C9H12Cl4O3/c1-2-3-4-15-8(14)9(13)6(11)5(10)7(12)16-9/h5-7H,2-4H2,1H3. The summed E-state index contributed by atoms with van der Waals surface area (Å²) in [6.07, 6.45) is 1.66. The molecule has 0 aromatic rings. The molecule has 0 amide bonds. The summed E-state index contributed by atoms with van der Waals surface area (Å²) in [7, 11) is 0.